The van der Waals surface area contributed by atoms with Gasteiger partial charge in [0.15, 0.2) is 0 Å². The zero-order valence-electron chi connectivity index (χ0n) is 17.1. The van der Waals surface area contributed by atoms with Crippen LogP contribution in [0.1, 0.15) is 31.9 Å². The Labute approximate surface area is 197 Å². The first kappa shape index (κ1) is 24.9. The van der Waals surface area contributed by atoms with E-state index in [0.717, 1.165) is 11.1 Å². The number of amides is 2. The molecule has 0 aliphatic heterocycles. The Balaban J connectivity index is 2.10. The molecule has 0 spiro atoms. The molecule has 1 unspecified atom stereocenters. The van der Waals surface area contributed by atoms with Crippen molar-refractivity contribution in [3.63, 3.8) is 0 Å². The molecule has 2 rings (SSSR count). The lowest BCUT2D eigenvalue weighted by Crippen LogP contribution is -2.49. The molecule has 1 atom stereocenters. The van der Waals surface area contributed by atoms with Gasteiger partial charge in [0, 0.05) is 33.4 Å². The zero-order valence-corrected chi connectivity index (χ0v) is 20.2. The molecule has 4 nitrogen and oxygen atoms in total. The van der Waals surface area contributed by atoms with Gasteiger partial charge < -0.3 is 10.2 Å². The van der Waals surface area contributed by atoms with Crippen molar-refractivity contribution in [1.29, 1.82) is 0 Å². The van der Waals surface area contributed by atoms with Crippen LogP contribution in [0, 0.1) is 0 Å². The van der Waals surface area contributed by atoms with E-state index < -0.39 is 6.04 Å². The minimum Gasteiger partial charge on any atom is -0.352 e. The van der Waals surface area contributed by atoms with Gasteiger partial charge in [-0.3, -0.25) is 9.59 Å². The normalized spacial score (nSPS) is 12.0. The number of rotatable bonds is 9. The molecule has 8 heteroatoms. The third-order valence-electron chi connectivity index (χ3n) is 4.39. The van der Waals surface area contributed by atoms with Crippen LogP contribution in [0.15, 0.2) is 42.5 Å². The standard InChI is InChI=1S/C22H25Cl3N2O2S/c1-14(2)26-22(29)15(3)27(11-16-6-4-5-7-19(16)24)21(28)13-30-12-17-8-9-18(23)10-20(17)25/h4-10,14-15H,11-13H2,1-3H3,(H,26,29). The molecule has 162 valence electrons. The van der Waals surface area contributed by atoms with Gasteiger partial charge >= 0.3 is 0 Å². The topological polar surface area (TPSA) is 49.4 Å². The van der Waals surface area contributed by atoms with E-state index in [1.165, 1.54) is 11.8 Å². The summed E-state index contributed by atoms with van der Waals surface area (Å²) in [4.78, 5) is 27.2. The van der Waals surface area contributed by atoms with Crippen LogP contribution >= 0.6 is 46.6 Å². The minimum atomic E-state index is -0.629. The van der Waals surface area contributed by atoms with E-state index in [4.69, 9.17) is 34.8 Å². The highest BCUT2D eigenvalue weighted by atomic mass is 35.5. The summed E-state index contributed by atoms with van der Waals surface area (Å²) >= 11 is 19.9. The average molecular weight is 488 g/mol. The summed E-state index contributed by atoms with van der Waals surface area (Å²) in [5.74, 6) is 0.435. The highest BCUT2D eigenvalue weighted by molar-refractivity contribution is 7.99. The molecular formula is C22H25Cl3N2O2S. The summed E-state index contributed by atoms with van der Waals surface area (Å²) in [6, 6.07) is 12.0. The molecule has 0 aromatic heterocycles. The number of hydrogen-bond donors (Lipinski definition) is 1. The van der Waals surface area contributed by atoms with E-state index in [1.807, 2.05) is 38.1 Å². The van der Waals surface area contributed by atoms with Crippen LogP contribution in [0.3, 0.4) is 0 Å². The summed E-state index contributed by atoms with van der Waals surface area (Å²) < 4.78 is 0. The number of carbonyl (C=O) groups is 2. The highest BCUT2D eigenvalue weighted by Gasteiger charge is 2.27. The summed E-state index contributed by atoms with van der Waals surface area (Å²) in [7, 11) is 0. The number of nitrogens with one attached hydrogen (secondary N) is 1. The second-order valence-corrected chi connectivity index (χ2v) is 9.42. The third kappa shape index (κ3) is 7.38. The number of carbonyl (C=O) groups excluding carboxylic acids is 2. The SMILES string of the molecule is CC(C)NC(=O)C(C)N(Cc1ccccc1Cl)C(=O)CSCc1ccc(Cl)cc1Cl. The van der Waals surface area contributed by atoms with E-state index in [9.17, 15) is 9.59 Å². The first-order valence-corrected chi connectivity index (χ1v) is 11.8. The predicted molar refractivity (Wildman–Crippen MR) is 127 cm³/mol. The zero-order chi connectivity index (χ0) is 22.3. The van der Waals surface area contributed by atoms with E-state index in [0.29, 0.717) is 20.8 Å². The van der Waals surface area contributed by atoms with Gasteiger partial charge in [-0.25, -0.2) is 0 Å². The van der Waals surface area contributed by atoms with Crippen molar-refractivity contribution in [1.82, 2.24) is 10.2 Å². The molecule has 30 heavy (non-hydrogen) atoms. The lowest BCUT2D eigenvalue weighted by molar-refractivity contribution is -0.138. The van der Waals surface area contributed by atoms with E-state index in [1.54, 1.807) is 30.0 Å². The molecule has 0 saturated heterocycles. The maximum absolute atomic E-state index is 13.0. The maximum atomic E-state index is 13.0. The van der Waals surface area contributed by atoms with Crippen LogP contribution < -0.4 is 5.32 Å². The second-order valence-electron chi connectivity index (χ2n) is 7.18. The molecule has 0 fully saturated rings. The van der Waals surface area contributed by atoms with Gasteiger partial charge in [-0.1, -0.05) is 59.1 Å². The highest BCUT2D eigenvalue weighted by Crippen LogP contribution is 2.25. The third-order valence-corrected chi connectivity index (χ3v) is 6.32. The smallest absolute Gasteiger partial charge is 0.242 e. The number of benzene rings is 2. The Kier molecular flexibility index (Phi) is 9.82. The van der Waals surface area contributed by atoms with Crippen molar-refractivity contribution < 1.29 is 9.59 Å². The summed E-state index contributed by atoms with van der Waals surface area (Å²) in [5, 5.41) is 4.57. The Morgan fingerprint density at radius 2 is 1.70 bits per heavy atom. The van der Waals surface area contributed by atoms with Gasteiger partial charge in [-0.05, 0) is 50.1 Å². The van der Waals surface area contributed by atoms with Crippen molar-refractivity contribution >= 4 is 58.4 Å². The second kappa shape index (κ2) is 11.8. The molecule has 0 bridgehead atoms. The predicted octanol–water partition coefficient (Wildman–Crippen LogP) is 5.82. The van der Waals surface area contributed by atoms with Crippen molar-refractivity contribution in [2.45, 2.75) is 45.2 Å². The maximum Gasteiger partial charge on any atom is 0.242 e. The van der Waals surface area contributed by atoms with Gasteiger partial charge in [0.1, 0.15) is 6.04 Å². The minimum absolute atomic E-state index is 0.0152. The Morgan fingerprint density at radius 1 is 1.00 bits per heavy atom. The Morgan fingerprint density at radius 3 is 2.33 bits per heavy atom. The van der Waals surface area contributed by atoms with Crippen molar-refractivity contribution in [3.8, 4) is 0 Å². The molecular weight excluding hydrogens is 463 g/mol. The van der Waals surface area contributed by atoms with E-state index in [-0.39, 0.29) is 30.2 Å². The van der Waals surface area contributed by atoms with Gasteiger partial charge in [0.05, 0.1) is 5.75 Å². The van der Waals surface area contributed by atoms with Crippen molar-refractivity contribution in [3.05, 3.63) is 68.7 Å². The molecule has 1 N–H and O–H groups in total. The van der Waals surface area contributed by atoms with Crippen LogP contribution in [0.5, 0.6) is 0 Å². The average Bonchev–Trinajstić information content (AvgIpc) is 2.68. The Hall–Kier alpha value is -1.40. The first-order valence-electron chi connectivity index (χ1n) is 9.54. The number of halogens is 3. The molecule has 0 heterocycles. The van der Waals surface area contributed by atoms with Gasteiger partial charge in [-0.2, -0.15) is 0 Å². The number of nitrogens with zero attached hydrogens (tertiary/aromatic N) is 1. The fraction of sp³-hybridized carbons (Fsp3) is 0.364. The number of thioether (sulfide) groups is 1. The quantitative estimate of drug-likeness (QED) is 0.485. The van der Waals surface area contributed by atoms with Crippen LogP contribution in [0.25, 0.3) is 0 Å². The molecule has 2 aromatic carbocycles. The van der Waals surface area contributed by atoms with Crippen LogP contribution in [0.4, 0.5) is 0 Å². The molecule has 2 aromatic rings. The van der Waals surface area contributed by atoms with Crippen molar-refractivity contribution in [2.24, 2.45) is 0 Å². The van der Waals surface area contributed by atoms with Gasteiger partial charge in [0.2, 0.25) is 11.8 Å². The molecule has 0 saturated carbocycles. The van der Waals surface area contributed by atoms with Crippen LogP contribution in [-0.2, 0) is 21.9 Å². The number of hydrogen-bond acceptors (Lipinski definition) is 3. The molecule has 0 aliphatic rings. The first-order chi connectivity index (χ1) is 14.2. The summed E-state index contributed by atoms with van der Waals surface area (Å²) in [6.45, 7) is 5.76. The van der Waals surface area contributed by atoms with E-state index >= 15 is 0 Å². The fourth-order valence-electron chi connectivity index (χ4n) is 2.77. The molecule has 2 amide bonds. The molecule has 0 radical (unpaired) electrons. The lowest BCUT2D eigenvalue weighted by atomic mass is 10.1. The Bertz CT molecular complexity index is 892. The van der Waals surface area contributed by atoms with Gasteiger partial charge in [-0.15, -0.1) is 11.8 Å². The van der Waals surface area contributed by atoms with Crippen LogP contribution in [0.2, 0.25) is 15.1 Å². The largest absolute Gasteiger partial charge is 0.352 e. The molecule has 0 aliphatic carbocycles. The van der Waals surface area contributed by atoms with Gasteiger partial charge in [0.25, 0.3) is 0 Å². The van der Waals surface area contributed by atoms with E-state index in [2.05, 4.69) is 5.32 Å². The summed E-state index contributed by atoms with van der Waals surface area (Å²) in [6.07, 6.45) is 0. The monoisotopic (exact) mass is 486 g/mol. The van der Waals surface area contributed by atoms with Crippen LogP contribution in [-0.4, -0.2) is 34.6 Å². The fourth-order valence-corrected chi connectivity index (χ4v) is 4.43. The lowest BCUT2D eigenvalue weighted by Gasteiger charge is -2.29. The summed E-state index contributed by atoms with van der Waals surface area (Å²) in [5.41, 5.74) is 1.70. The van der Waals surface area contributed by atoms with Crippen molar-refractivity contribution in [2.75, 3.05) is 5.75 Å².